The highest BCUT2D eigenvalue weighted by atomic mass is 16.5. The van der Waals surface area contributed by atoms with E-state index in [1.54, 1.807) is 0 Å². The quantitative estimate of drug-likeness (QED) is 0.800. The van der Waals surface area contributed by atoms with Crippen LogP contribution >= 0.6 is 0 Å². The number of amides is 1. The average Bonchev–Trinajstić information content (AvgIpc) is 3.11. The number of hydrogen-bond acceptors (Lipinski definition) is 5. The van der Waals surface area contributed by atoms with Gasteiger partial charge in [-0.2, -0.15) is 0 Å². The van der Waals surface area contributed by atoms with E-state index in [2.05, 4.69) is 22.3 Å². The Labute approximate surface area is 154 Å². The van der Waals surface area contributed by atoms with E-state index in [0.29, 0.717) is 12.3 Å². The van der Waals surface area contributed by atoms with Gasteiger partial charge in [0, 0.05) is 32.5 Å². The molecule has 1 amide bonds. The zero-order valence-corrected chi connectivity index (χ0v) is 15.2. The molecular formula is C20H28N2O4. The van der Waals surface area contributed by atoms with Crippen molar-refractivity contribution in [2.24, 2.45) is 5.92 Å². The van der Waals surface area contributed by atoms with Gasteiger partial charge in [0.25, 0.3) is 0 Å². The molecule has 0 unspecified atom stereocenters. The third-order valence-corrected chi connectivity index (χ3v) is 5.77. The maximum Gasteiger partial charge on any atom is 0.221 e. The smallest absolute Gasteiger partial charge is 0.221 e. The predicted octanol–water partition coefficient (Wildman–Crippen LogP) is 1.27. The second kappa shape index (κ2) is 7.94. The third kappa shape index (κ3) is 4.03. The number of aliphatic hydroxyl groups is 1. The van der Waals surface area contributed by atoms with Gasteiger partial charge in [-0.25, -0.2) is 0 Å². The Hall–Kier alpha value is -1.63. The first-order chi connectivity index (χ1) is 12.7. The van der Waals surface area contributed by atoms with Gasteiger partial charge in [0.05, 0.1) is 32.0 Å². The molecule has 1 aliphatic carbocycles. The fourth-order valence-corrected chi connectivity index (χ4v) is 4.11. The summed E-state index contributed by atoms with van der Waals surface area (Å²) in [6.45, 7) is 4.81. The SMILES string of the molecule is O=C(CCN1CCOCC1)N[C@@H](c1ccc2c(c1)CCO2)C1CC(O)C1. The van der Waals surface area contributed by atoms with E-state index in [-0.39, 0.29) is 18.1 Å². The summed E-state index contributed by atoms with van der Waals surface area (Å²) >= 11 is 0. The molecule has 2 N–H and O–H groups in total. The Morgan fingerprint density at radius 2 is 2.08 bits per heavy atom. The first-order valence-electron chi connectivity index (χ1n) is 9.72. The van der Waals surface area contributed by atoms with E-state index >= 15 is 0 Å². The molecule has 2 heterocycles. The highest BCUT2D eigenvalue weighted by Gasteiger charge is 2.36. The standard InChI is InChI=1S/C20H28N2O4/c23-17-12-16(13-17)20(15-1-2-18-14(11-15)4-8-26-18)21-19(24)3-5-22-6-9-25-10-7-22/h1-2,11,16-17,20,23H,3-10,12-13H2,(H,21,24)/t16?,17?,20-/m0/s1. The average molecular weight is 360 g/mol. The Morgan fingerprint density at radius 1 is 1.27 bits per heavy atom. The van der Waals surface area contributed by atoms with E-state index in [4.69, 9.17) is 9.47 Å². The first-order valence-corrected chi connectivity index (χ1v) is 9.72. The van der Waals surface area contributed by atoms with Crippen molar-refractivity contribution in [1.29, 1.82) is 0 Å². The molecule has 1 saturated carbocycles. The van der Waals surface area contributed by atoms with Crippen molar-refractivity contribution in [2.45, 2.75) is 37.8 Å². The van der Waals surface area contributed by atoms with Crippen LogP contribution in [0.2, 0.25) is 0 Å². The lowest BCUT2D eigenvalue weighted by Gasteiger charge is -2.38. The van der Waals surface area contributed by atoms with Crippen LogP contribution < -0.4 is 10.1 Å². The number of fused-ring (bicyclic) bond motifs is 1. The minimum absolute atomic E-state index is 0.0264. The van der Waals surface area contributed by atoms with Crippen LogP contribution in [-0.4, -0.2) is 61.5 Å². The Balaban J connectivity index is 1.39. The third-order valence-electron chi connectivity index (χ3n) is 5.77. The number of carbonyl (C=O) groups is 1. The van der Waals surface area contributed by atoms with Crippen molar-refractivity contribution in [3.8, 4) is 5.75 Å². The number of nitrogens with one attached hydrogen (secondary N) is 1. The minimum Gasteiger partial charge on any atom is -0.493 e. The molecule has 1 aromatic rings. The van der Waals surface area contributed by atoms with Crippen LogP contribution in [-0.2, 0) is 16.0 Å². The summed E-state index contributed by atoms with van der Waals surface area (Å²) < 4.78 is 10.9. The molecule has 0 aromatic heterocycles. The maximum absolute atomic E-state index is 12.6. The van der Waals surface area contributed by atoms with E-state index in [1.165, 1.54) is 5.56 Å². The number of benzene rings is 1. The zero-order valence-electron chi connectivity index (χ0n) is 15.2. The van der Waals surface area contributed by atoms with Crippen LogP contribution in [0.1, 0.15) is 36.4 Å². The van der Waals surface area contributed by atoms with Gasteiger partial charge < -0.3 is 19.9 Å². The number of aliphatic hydroxyl groups excluding tert-OH is 1. The second-order valence-electron chi connectivity index (χ2n) is 7.60. The van der Waals surface area contributed by atoms with E-state index in [0.717, 1.165) is 70.0 Å². The highest BCUT2D eigenvalue weighted by molar-refractivity contribution is 5.76. The van der Waals surface area contributed by atoms with E-state index < -0.39 is 0 Å². The van der Waals surface area contributed by atoms with Crippen LogP contribution in [0.3, 0.4) is 0 Å². The van der Waals surface area contributed by atoms with Crippen molar-refractivity contribution in [2.75, 3.05) is 39.5 Å². The second-order valence-corrected chi connectivity index (χ2v) is 7.60. The minimum atomic E-state index is -0.231. The number of carbonyl (C=O) groups excluding carboxylic acids is 1. The normalized spacial score (nSPS) is 26.5. The molecule has 3 aliphatic rings. The Kier molecular flexibility index (Phi) is 5.43. The summed E-state index contributed by atoms with van der Waals surface area (Å²) in [7, 11) is 0. The zero-order chi connectivity index (χ0) is 17.9. The molecule has 0 spiro atoms. The summed E-state index contributed by atoms with van der Waals surface area (Å²) in [5.41, 5.74) is 2.35. The molecule has 6 heteroatoms. The van der Waals surface area contributed by atoms with Gasteiger partial charge in [0.2, 0.25) is 5.91 Å². The summed E-state index contributed by atoms with van der Waals surface area (Å²) in [4.78, 5) is 14.8. The van der Waals surface area contributed by atoms with Gasteiger partial charge in [-0.1, -0.05) is 6.07 Å². The molecule has 2 fully saturated rings. The largest absolute Gasteiger partial charge is 0.493 e. The highest BCUT2D eigenvalue weighted by Crippen LogP contribution is 2.39. The van der Waals surface area contributed by atoms with Gasteiger partial charge in [-0.3, -0.25) is 9.69 Å². The number of hydrogen-bond donors (Lipinski definition) is 2. The number of ether oxygens (including phenoxy) is 2. The first kappa shape index (κ1) is 17.8. The van der Waals surface area contributed by atoms with Crippen LogP contribution in [0.5, 0.6) is 5.75 Å². The summed E-state index contributed by atoms with van der Waals surface area (Å²) in [5, 5.41) is 13.0. The lowest BCUT2D eigenvalue weighted by molar-refractivity contribution is -0.123. The predicted molar refractivity (Wildman–Crippen MR) is 97.1 cm³/mol. The van der Waals surface area contributed by atoms with Gasteiger partial charge in [0.15, 0.2) is 0 Å². The van der Waals surface area contributed by atoms with E-state index in [9.17, 15) is 9.90 Å². The van der Waals surface area contributed by atoms with Crippen molar-refractivity contribution in [3.05, 3.63) is 29.3 Å². The molecule has 142 valence electrons. The molecule has 26 heavy (non-hydrogen) atoms. The molecule has 0 bridgehead atoms. The van der Waals surface area contributed by atoms with Crippen molar-refractivity contribution < 1.29 is 19.4 Å². The summed E-state index contributed by atoms with van der Waals surface area (Å²) in [6, 6.07) is 6.21. The Bertz CT molecular complexity index is 639. The molecule has 0 radical (unpaired) electrons. The van der Waals surface area contributed by atoms with Crippen LogP contribution in [0, 0.1) is 5.92 Å². The van der Waals surface area contributed by atoms with Crippen molar-refractivity contribution in [3.63, 3.8) is 0 Å². The van der Waals surface area contributed by atoms with Crippen molar-refractivity contribution in [1.82, 2.24) is 10.2 Å². The van der Waals surface area contributed by atoms with Gasteiger partial charge >= 0.3 is 0 Å². The lowest BCUT2D eigenvalue weighted by atomic mass is 9.75. The number of morpholine rings is 1. The summed E-state index contributed by atoms with van der Waals surface area (Å²) in [6.07, 6.45) is 2.70. The molecule has 4 rings (SSSR count). The monoisotopic (exact) mass is 360 g/mol. The summed E-state index contributed by atoms with van der Waals surface area (Å²) in [5.74, 6) is 1.34. The van der Waals surface area contributed by atoms with E-state index in [1.807, 2.05) is 6.07 Å². The number of rotatable bonds is 6. The maximum atomic E-state index is 12.6. The lowest BCUT2D eigenvalue weighted by Crippen LogP contribution is -2.43. The molecule has 1 aromatic carbocycles. The van der Waals surface area contributed by atoms with Crippen LogP contribution in [0.25, 0.3) is 0 Å². The van der Waals surface area contributed by atoms with Crippen molar-refractivity contribution >= 4 is 5.91 Å². The Morgan fingerprint density at radius 3 is 2.85 bits per heavy atom. The fraction of sp³-hybridized carbons (Fsp3) is 0.650. The van der Waals surface area contributed by atoms with Gasteiger partial charge in [0.1, 0.15) is 5.75 Å². The fourth-order valence-electron chi connectivity index (χ4n) is 4.11. The topological polar surface area (TPSA) is 71.0 Å². The molecule has 1 saturated heterocycles. The van der Waals surface area contributed by atoms with Crippen LogP contribution in [0.15, 0.2) is 18.2 Å². The molecule has 1 atom stereocenters. The molecule has 2 aliphatic heterocycles. The van der Waals surface area contributed by atoms with Crippen LogP contribution in [0.4, 0.5) is 0 Å². The number of nitrogens with zero attached hydrogens (tertiary/aromatic N) is 1. The van der Waals surface area contributed by atoms with Gasteiger partial charge in [-0.15, -0.1) is 0 Å². The molecular weight excluding hydrogens is 332 g/mol. The molecule has 6 nitrogen and oxygen atoms in total. The van der Waals surface area contributed by atoms with Gasteiger partial charge in [-0.05, 0) is 42.0 Å².